The fraction of sp³-hybridized carbons (Fsp3) is 0.120. The Morgan fingerprint density at radius 3 is 2.29 bits per heavy atom. The van der Waals surface area contributed by atoms with Gasteiger partial charge in [-0.1, -0.05) is 30.3 Å². The molecule has 3 nitrogen and oxygen atoms in total. The van der Waals surface area contributed by atoms with E-state index in [1.54, 1.807) is 18.2 Å². The maximum Gasteiger partial charge on any atom is 0.416 e. The number of pyridine rings is 1. The van der Waals surface area contributed by atoms with Crippen LogP contribution in [0.3, 0.4) is 0 Å². The summed E-state index contributed by atoms with van der Waals surface area (Å²) in [6, 6.07) is 10.9. The van der Waals surface area contributed by atoms with Gasteiger partial charge in [-0.05, 0) is 36.9 Å². The first-order valence-electron chi connectivity index (χ1n) is 10.1. The summed E-state index contributed by atoms with van der Waals surface area (Å²) in [5.74, 6) is -4.76. The van der Waals surface area contributed by atoms with Crippen LogP contribution in [0, 0.1) is 24.4 Å². The molecule has 0 saturated heterocycles. The molecule has 1 aromatic heterocycles. The zero-order chi connectivity index (χ0) is 25.5. The molecule has 4 rings (SSSR count). The largest absolute Gasteiger partial charge is 0.416 e. The Labute approximate surface area is 200 Å². The molecule has 0 aliphatic carbocycles. The molecule has 1 amide bonds. The number of fused-ring (bicyclic) bond motifs is 1. The molecule has 35 heavy (non-hydrogen) atoms. The van der Waals surface area contributed by atoms with Gasteiger partial charge in [-0.2, -0.15) is 13.2 Å². The van der Waals surface area contributed by atoms with E-state index in [0.717, 1.165) is 23.9 Å². The molecule has 0 saturated carbocycles. The number of nitrogens with one attached hydrogen (secondary N) is 1. The molecule has 0 bridgehead atoms. The van der Waals surface area contributed by atoms with Crippen LogP contribution < -0.4 is 5.32 Å². The third kappa shape index (κ3) is 4.58. The van der Waals surface area contributed by atoms with Crippen molar-refractivity contribution in [1.29, 1.82) is 0 Å². The van der Waals surface area contributed by atoms with Crippen molar-refractivity contribution in [2.45, 2.75) is 18.0 Å². The van der Waals surface area contributed by atoms with Crippen LogP contribution in [0.15, 0.2) is 59.6 Å². The molecule has 0 atom stereocenters. The van der Waals surface area contributed by atoms with Gasteiger partial charge in [0.15, 0.2) is 17.5 Å². The third-order valence-electron chi connectivity index (χ3n) is 5.44. The fourth-order valence-corrected chi connectivity index (χ4v) is 4.32. The van der Waals surface area contributed by atoms with Gasteiger partial charge in [0.05, 0.1) is 21.5 Å². The van der Waals surface area contributed by atoms with Crippen molar-refractivity contribution in [2.24, 2.45) is 0 Å². The number of alkyl halides is 3. The topological polar surface area (TPSA) is 42.0 Å². The number of carbonyl (C=O) groups excluding carboxylic acids is 1. The first-order valence-corrected chi connectivity index (χ1v) is 11.3. The number of rotatable bonds is 4. The van der Waals surface area contributed by atoms with Gasteiger partial charge in [-0.3, -0.25) is 9.78 Å². The van der Waals surface area contributed by atoms with Crippen molar-refractivity contribution in [1.82, 2.24) is 4.98 Å². The maximum atomic E-state index is 14.6. The van der Waals surface area contributed by atoms with Gasteiger partial charge in [-0.15, -0.1) is 11.8 Å². The van der Waals surface area contributed by atoms with Gasteiger partial charge in [-0.25, -0.2) is 13.2 Å². The van der Waals surface area contributed by atoms with Gasteiger partial charge >= 0.3 is 6.18 Å². The van der Waals surface area contributed by atoms with Crippen LogP contribution in [0.5, 0.6) is 0 Å². The molecule has 1 N–H and O–H groups in total. The minimum absolute atomic E-state index is 0.0483. The van der Waals surface area contributed by atoms with Crippen molar-refractivity contribution >= 4 is 34.3 Å². The smallest absolute Gasteiger partial charge is 0.317 e. The summed E-state index contributed by atoms with van der Waals surface area (Å²) in [5.41, 5.74) is -0.445. The molecule has 0 fully saturated rings. The zero-order valence-corrected chi connectivity index (χ0v) is 19.0. The molecule has 1 heterocycles. The van der Waals surface area contributed by atoms with Crippen LogP contribution in [0.25, 0.3) is 22.0 Å². The highest BCUT2D eigenvalue weighted by atomic mass is 32.2. The highest BCUT2D eigenvalue weighted by Gasteiger charge is 2.30. The molecular formula is C25H16F6N2OS. The number of benzene rings is 3. The average Bonchev–Trinajstić information content (AvgIpc) is 2.84. The summed E-state index contributed by atoms with van der Waals surface area (Å²) < 4.78 is 81.9. The Balaban J connectivity index is 1.68. The lowest BCUT2D eigenvalue weighted by Gasteiger charge is -2.14. The van der Waals surface area contributed by atoms with Crippen molar-refractivity contribution in [3.63, 3.8) is 0 Å². The van der Waals surface area contributed by atoms with E-state index >= 15 is 0 Å². The van der Waals surface area contributed by atoms with E-state index in [9.17, 15) is 31.1 Å². The van der Waals surface area contributed by atoms with E-state index in [1.807, 2.05) is 0 Å². The maximum absolute atomic E-state index is 14.6. The number of anilines is 1. The summed E-state index contributed by atoms with van der Waals surface area (Å²) in [6.45, 7) is 1.28. The van der Waals surface area contributed by atoms with Gasteiger partial charge in [0, 0.05) is 22.7 Å². The van der Waals surface area contributed by atoms with E-state index < -0.39 is 40.8 Å². The van der Waals surface area contributed by atoms with Gasteiger partial charge in [0.1, 0.15) is 5.69 Å². The molecule has 0 spiro atoms. The quantitative estimate of drug-likeness (QED) is 0.176. The lowest BCUT2D eigenvalue weighted by molar-refractivity contribution is -0.137. The Kier molecular flexibility index (Phi) is 6.50. The number of amides is 1. The molecule has 4 aromatic rings. The molecular weight excluding hydrogens is 490 g/mol. The summed E-state index contributed by atoms with van der Waals surface area (Å²) in [6.07, 6.45) is -1.82. The predicted octanol–water partition coefficient (Wildman–Crippen LogP) is 7.62. The number of aromatic nitrogens is 1. The van der Waals surface area contributed by atoms with Crippen LogP contribution in [0.2, 0.25) is 0 Å². The molecule has 0 aliphatic heterocycles. The fourth-order valence-electron chi connectivity index (χ4n) is 3.65. The number of thioether (sulfide) groups is 1. The first-order chi connectivity index (χ1) is 16.5. The first kappa shape index (κ1) is 24.6. The Hall–Kier alpha value is -3.53. The minimum atomic E-state index is -4.46. The summed E-state index contributed by atoms with van der Waals surface area (Å²) in [5, 5.41) is 2.54. The van der Waals surface area contributed by atoms with Crippen molar-refractivity contribution in [2.75, 3.05) is 11.6 Å². The Bertz CT molecular complexity index is 1420. The highest BCUT2D eigenvalue weighted by Crippen LogP contribution is 2.35. The van der Waals surface area contributed by atoms with E-state index in [-0.39, 0.29) is 16.0 Å². The second kappa shape index (κ2) is 9.26. The minimum Gasteiger partial charge on any atom is -0.317 e. The van der Waals surface area contributed by atoms with E-state index in [4.69, 9.17) is 0 Å². The monoisotopic (exact) mass is 506 g/mol. The molecule has 180 valence electrons. The molecule has 0 radical (unpaired) electrons. The van der Waals surface area contributed by atoms with E-state index in [1.165, 1.54) is 37.6 Å². The van der Waals surface area contributed by atoms with E-state index in [2.05, 4.69) is 10.3 Å². The molecule has 3 aromatic carbocycles. The highest BCUT2D eigenvalue weighted by molar-refractivity contribution is 7.98. The van der Waals surface area contributed by atoms with Gasteiger partial charge in [0.2, 0.25) is 0 Å². The summed E-state index contributed by atoms with van der Waals surface area (Å²) in [4.78, 5) is 16.8. The van der Waals surface area contributed by atoms with E-state index in [0.29, 0.717) is 22.0 Å². The number of hydrogen-bond acceptors (Lipinski definition) is 3. The number of carbonyl (C=O) groups is 1. The van der Waals surface area contributed by atoms with Crippen LogP contribution in [-0.2, 0) is 6.18 Å². The summed E-state index contributed by atoms with van der Waals surface area (Å²) in [7, 11) is 0. The predicted molar refractivity (Wildman–Crippen MR) is 123 cm³/mol. The van der Waals surface area contributed by atoms with Crippen molar-refractivity contribution < 1.29 is 31.1 Å². The number of halogens is 6. The van der Waals surface area contributed by atoms with Gasteiger partial charge < -0.3 is 5.32 Å². The average molecular weight is 506 g/mol. The van der Waals surface area contributed by atoms with Crippen molar-refractivity contribution in [3.8, 4) is 11.1 Å². The second-order valence-corrected chi connectivity index (χ2v) is 8.42. The standard InChI is InChI=1S/C25H16F6N2OS/c1-12-18(26)22(19(27)20(28)23(12)35-2)33-24(34)15-10-14-4-3-5-17(21(14)32-11-15)13-6-8-16(9-7-13)25(29,30)31/h3-11H,1-2H3,(H,33,34). The van der Waals surface area contributed by atoms with Crippen LogP contribution in [0.4, 0.5) is 32.0 Å². The normalized spacial score (nSPS) is 11.7. The number of nitrogens with zero attached hydrogens (tertiary/aromatic N) is 1. The Morgan fingerprint density at radius 2 is 1.66 bits per heavy atom. The van der Waals surface area contributed by atoms with Crippen LogP contribution in [-0.4, -0.2) is 17.1 Å². The molecule has 0 unspecified atom stereocenters. The Morgan fingerprint density at radius 1 is 0.971 bits per heavy atom. The zero-order valence-electron chi connectivity index (χ0n) is 18.2. The van der Waals surface area contributed by atoms with Crippen LogP contribution >= 0.6 is 11.8 Å². The lowest BCUT2D eigenvalue weighted by atomic mass is 10.00. The van der Waals surface area contributed by atoms with Crippen LogP contribution in [0.1, 0.15) is 21.5 Å². The molecule has 10 heteroatoms. The SMILES string of the molecule is CSc1c(C)c(F)c(NC(=O)c2cnc3c(-c4ccc(C(F)(F)F)cc4)cccc3c2)c(F)c1F. The van der Waals surface area contributed by atoms with Gasteiger partial charge in [0.25, 0.3) is 5.91 Å². The molecule has 0 aliphatic rings. The third-order valence-corrected chi connectivity index (χ3v) is 6.33. The number of para-hydroxylation sites is 1. The van der Waals surface area contributed by atoms with Crippen molar-refractivity contribution in [3.05, 3.63) is 88.9 Å². The second-order valence-electron chi connectivity index (χ2n) is 7.61. The summed E-state index contributed by atoms with van der Waals surface area (Å²) >= 11 is 0.844. The number of hydrogen-bond donors (Lipinski definition) is 1. The lowest BCUT2D eigenvalue weighted by Crippen LogP contribution is -2.16.